The molecule has 3 fully saturated rings. The third-order valence-electron chi connectivity index (χ3n) is 10.3. The highest BCUT2D eigenvalue weighted by Crippen LogP contribution is 2.70. The molecule has 0 radical (unpaired) electrons. The molecular weight excluding hydrogens is 477 g/mol. The van der Waals surface area contributed by atoms with E-state index in [1.165, 1.54) is 12.2 Å². The van der Waals surface area contributed by atoms with E-state index in [9.17, 15) is 24.6 Å². The SMILES string of the molecule is CC1C[C@H]2[C@@H]3CCC4=CC(=O)C=C[C@]4(C)[C@@]3(F)C(O)C[C@]2(C)[C@@]1(O)C(=O)COC(=O)C1=CN(C)CC=C1. The lowest BCUT2D eigenvalue weighted by atomic mass is 9.44. The monoisotopic (exact) mass is 513 g/mol. The average molecular weight is 514 g/mol. The van der Waals surface area contributed by atoms with Crippen molar-refractivity contribution in [3.05, 3.63) is 47.7 Å². The molecule has 2 unspecified atom stereocenters. The van der Waals surface area contributed by atoms with E-state index in [1.807, 2.05) is 18.0 Å². The standard InChI is InChI=1S/C29H36FNO6/c1-17-12-22-21-8-7-19-13-20(32)9-10-26(19,2)28(21,30)23(33)14-27(22,3)29(17,36)24(34)16-37-25(35)18-6-5-11-31(4)15-18/h5-6,9-10,13,15,17,21-23,33,36H,7-8,11-12,14,16H2,1-4H3/t17?,21-,22-,23?,26-,27-,28-,29-/m0/s1. The third kappa shape index (κ3) is 3.41. The largest absolute Gasteiger partial charge is 0.454 e. The van der Waals surface area contributed by atoms with Crippen LogP contribution in [0.1, 0.15) is 46.5 Å². The number of halogens is 1. The Morgan fingerprint density at radius 2 is 1.97 bits per heavy atom. The number of likely N-dealkylation sites (N-methyl/N-ethyl adjacent to an activating group) is 1. The van der Waals surface area contributed by atoms with Crippen molar-refractivity contribution in [2.45, 2.75) is 63.8 Å². The molecule has 0 aromatic carbocycles. The molecule has 5 rings (SSSR count). The summed E-state index contributed by atoms with van der Waals surface area (Å²) in [5, 5.41) is 23.4. The predicted molar refractivity (Wildman–Crippen MR) is 134 cm³/mol. The molecule has 0 aromatic heterocycles. The minimum Gasteiger partial charge on any atom is -0.454 e. The van der Waals surface area contributed by atoms with E-state index >= 15 is 4.39 Å². The molecule has 8 heteroatoms. The molecule has 7 nitrogen and oxygen atoms in total. The number of aliphatic hydroxyl groups is 2. The Morgan fingerprint density at radius 1 is 1.24 bits per heavy atom. The molecule has 8 atom stereocenters. The van der Waals surface area contributed by atoms with Crippen LogP contribution in [0.3, 0.4) is 0 Å². The van der Waals surface area contributed by atoms with Gasteiger partial charge in [-0.3, -0.25) is 9.59 Å². The van der Waals surface area contributed by atoms with Crippen molar-refractivity contribution in [3.63, 3.8) is 0 Å². The maximum atomic E-state index is 17.2. The minimum atomic E-state index is -2.04. The summed E-state index contributed by atoms with van der Waals surface area (Å²) >= 11 is 0. The van der Waals surface area contributed by atoms with E-state index in [0.29, 0.717) is 37.0 Å². The first-order valence-electron chi connectivity index (χ1n) is 13.1. The quantitative estimate of drug-likeness (QED) is 0.557. The average Bonchev–Trinajstić information content (AvgIpc) is 3.05. The number of fused-ring (bicyclic) bond motifs is 5. The molecule has 1 aliphatic heterocycles. The second-order valence-corrected chi connectivity index (χ2v) is 12.1. The van der Waals surface area contributed by atoms with Gasteiger partial charge in [-0.1, -0.05) is 31.6 Å². The summed E-state index contributed by atoms with van der Waals surface area (Å²) in [5.74, 6) is -2.96. The number of carbonyl (C=O) groups is 3. The maximum absolute atomic E-state index is 17.2. The number of hydrogen-bond acceptors (Lipinski definition) is 7. The van der Waals surface area contributed by atoms with Crippen molar-refractivity contribution in [1.82, 2.24) is 4.90 Å². The van der Waals surface area contributed by atoms with Gasteiger partial charge >= 0.3 is 5.97 Å². The van der Waals surface area contributed by atoms with Crippen molar-refractivity contribution >= 4 is 17.5 Å². The van der Waals surface area contributed by atoms with E-state index in [-0.39, 0.29) is 18.1 Å². The zero-order valence-corrected chi connectivity index (χ0v) is 21.9. The van der Waals surface area contributed by atoms with Gasteiger partial charge in [0, 0.05) is 36.5 Å². The fraction of sp³-hybridized carbons (Fsp3) is 0.621. The number of carbonyl (C=O) groups excluding carboxylic acids is 3. The molecule has 0 spiro atoms. The van der Waals surface area contributed by atoms with Crippen LogP contribution in [0.4, 0.5) is 4.39 Å². The number of allylic oxidation sites excluding steroid dienone is 4. The van der Waals surface area contributed by atoms with E-state index in [2.05, 4.69) is 0 Å². The van der Waals surface area contributed by atoms with Gasteiger partial charge < -0.3 is 19.8 Å². The number of rotatable bonds is 4. The highest BCUT2D eigenvalue weighted by atomic mass is 19.1. The van der Waals surface area contributed by atoms with Crippen molar-refractivity contribution in [2.24, 2.45) is 28.6 Å². The molecule has 3 saturated carbocycles. The first-order chi connectivity index (χ1) is 17.3. The Morgan fingerprint density at radius 3 is 2.68 bits per heavy atom. The van der Waals surface area contributed by atoms with Crippen molar-refractivity contribution in [1.29, 1.82) is 0 Å². The molecule has 2 N–H and O–H groups in total. The summed E-state index contributed by atoms with van der Waals surface area (Å²) in [6.45, 7) is 5.33. The summed E-state index contributed by atoms with van der Waals surface area (Å²) in [6, 6.07) is 0. The molecular formula is C29H36FNO6. The van der Waals surface area contributed by atoms with Crippen molar-refractivity contribution < 1.29 is 33.7 Å². The second-order valence-electron chi connectivity index (χ2n) is 12.1. The van der Waals surface area contributed by atoms with Crippen LogP contribution in [0.2, 0.25) is 0 Å². The fourth-order valence-corrected chi connectivity index (χ4v) is 8.26. The molecule has 4 aliphatic carbocycles. The molecule has 0 bridgehead atoms. The summed E-state index contributed by atoms with van der Waals surface area (Å²) in [4.78, 5) is 39.9. The lowest BCUT2D eigenvalue weighted by Gasteiger charge is -2.62. The molecule has 200 valence electrons. The van der Waals surface area contributed by atoms with Crippen LogP contribution in [0.5, 0.6) is 0 Å². The van der Waals surface area contributed by atoms with Gasteiger partial charge in [0.2, 0.25) is 5.78 Å². The van der Waals surface area contributed by atoms with Crippen LogP contribution in [0.25, 0.3) is 0 Å². The van der Waals surface area contributed by atoms with Crippen LogP contribution >= 0.6 is 0 Å². The fourth-order valence-electron chi connectivity index (χ4n) is 8.26. The predicted octanol–water partition coefficient (Wildman–Crippen LogP) is 2.83. The van der Waals surface area contributed by atoms with Gasteiger partial charge in [0.05, 0.1) is 11.7 Å². The number of alkyl halides is 1. The number of Topliss-reactive ketones (excluding diaryl/α,β-unsaturated/α-hetero) is 1. The summed E-state index contributed by atoms with van der Waals surface area (Å²) < 4.78 is 22.5. The highest BCUT2D eigenvalue weighted by Gasteiger charge is 2.75. The van der Waals surface area contributed by atoms with Crippen LogP contribution in [0.15, 0.2) is 47.7 Å². The summed E-state index contributed by atoms with van der Waals surface area (Å²) in [6.07, 6.45) is 9.28. The highest BCUT2D eigenvalue weighted by molar-refractivity contribution is 6.01. The van der Waals surface area contributed by atoms with Crippen LogP contribution in [0, 0.1) is 28.6 Å². The smallest absolute Gasteiger partial charge is 0.340 e. The number of nitrogens with zero attached hydrogens (tertiary/aromatic N) is 1. The zero-order valence-electron chi connectivity index (χ0n) is 21.9. The Kier molecular flexibility index (Phi) is 5.96. The van der Waals surface area contributed by atoms with Gasteiger partial charge in [-0.05, 0) is 62.7 Å². The van der Waals surface area contributed by atoms with Gasteiger partial charge in [-0.25, -0.2) is 9.18 Å². The molecule has 37 heavy (non-hydrogen) atoms. The van der Waals surface area contributed by atoms with Crippen LogP contribution in [-0.2, 0) is 19.1 Å². The maximum Gasteiger partial charge on any atom is 0.340 e. The topological polar surface area (TPSA) is 104 Å². The molecule has 0 aromatic rings. The van der Waals surface area contributed by atoms with E-state index in [1.54, 1.807) is 39.1 Å². The number of ketones is 2. The number of hydrogen-bond donors (Lipinski definition) is 2. The lowest BCUT2D eigenvalue weighted by Crippen LogP contribution is -2.69. The van der Waals surface area contributed by atoms with Gasteiger partial charge in [0.15, 0.2) is 18.1 Å². The Bertz CT molecular complexity index is 1170. The number of esters is 1. The first-order valence-corrected chi connectivity index (χ1v) is 13.1. The van der Waals surface area contributed by atoms with Crippen molar-refractivity contribution in [2.75, 3.05) is 20.2 Å². The van der Waals surface area contributed by atoms with E-state index in [0.717, 1.165) is 0 Å². The Hall–Kier alpha value is -2.58. The summed E-state index contributed by atoms with van der Waals surface area (Å²) in [7, 11) is 1.82. The van der Waals surface area contributed by atoms with Gasteiger partial charge in [-0.15, -0.1) is 0 Å². The van der Waals surface area contributed by atoms with E-state index in [4.69, 9.17) is 4.74 Å². The second kappa shape index (κ2) is 8.46. The molecule has 0 amide bonds. The minimum absolute atomic E-state index is 0.117. The zero-order chi connectivity index (χ0) is 27.0. The number of aliphatic hydroxyl groups excluding tert-OH is 1. The third-order valence-corrected chi connectivity index (χ3v) is 10.3. The Balaban J connectivity index is 1.42. The normalized spacial score (nSPS) is 44.4. The van der Waals surface area contributed by atoms with E-state index < -0.39 is 58.4 Å². The molecule has 0 saturated heterocycles. The van der Waals surface area contributed by atoms with Gasteiger partial charge in [0.1, 0.15) is 5.60 Å². The Labute approximate surface area is 216 Å². The lowest BCUT2D eigenvalue weighted by molar-refractivity contribution is -0.219. The van der Waals surface area contributed by atoms with Crippen molar-refractivity contribution in [3.8, 4) is 0 Å². The summed E-state index contributed by atoms with van der Waals surface area (Å²) in [5.41, 5.74) is -5.17. The number of ether oxygens (including phenoxy) is 1. The molecule has 5 aliphatic rings. The first kappa shape index (κ1) is 26.0. The van der Waals surface area contributed by atoms with Crippen LogP contribution < -0.4 is 0 Å². The van der Waals surface area contributed by atoms with Crippen LogP contribution in [-0.4, -0.2) is 70.2 Å². The van der Waals surface area contributed by atoms with Gasteiger partial charge in [0.25, 0.3) is 0 Å². The van der Waals surface area contributed by atoms with Gasteiger partial charge in [-0.2, -0.15) is 0 Å². The molecule has 1 heterocycles.